The van der Waals surface area contributed by atoms with Gasteiger partial charge in [-0.25, -0.2) is 4.98 Å². The molecule has 4 nitrogen and oxygen atoms in total. The van der Waals surface area contributed by atoms with Crippen molar-refractivity contribution in [3.05, 3.63) is 12.2 Å². The average Bonchev–Trinajstić information content (AvgIpc) is 2.95. The van der Waals surface area contributed by atoms with Gasteiger partial charge in [-0.2, -0.15) is 5.10 Å². The minimum absolute atomic E-state index is 0.475. The summed E-state index contributed by atoms with van der Waals surface area (Å²) in [6.45, 7) is 2.26. The lowest BCUT2D eigenvalue weighted by Crippen LogP contribution is -1.99. The van der Waals surface area contributed by atoms with Gasteiger partial charge in [0.25, 0.3) is 0 Å². The van der Waals surface area contributed by atoms with Gasteiger partial charge in [0.2, 0.25) is 0 Å². The van der Waals surface area contributed by atoms with E-state index in [9.17, 15) is 5.11 Å². The Morgan fingerprint density at radius 2 is 1.58 bits per heavy atom. The van der Waals surface area contributed by atoms with Crippen molar-refractivity contribution in [2.24, 2.45) is 0 Å². The average molecular weight is 267 g/mol. The monoisotopic (exact) mass is 267 g/mol. The maximum atomic E-state index is 9.80. The summed E-state index contributed by atoms with van der Waals surface area (Å²) in [7, 11) is 0. The van der Waals surface area contributed by atoms with E-state index in [2.05, 4.69) is 22.1 Å². The molecule has 110 valence electrons. The molecule has 0 aliphatic rings. The summed E-state index contributed by atoms with van der Waals surface area (Å²) >= 11 is 0. The molecule has 2 N–H and O–H groups in total. The van der Waals surface area contributed by atoms with Crippen molar-refractivity contribution in [2.75, 3.05) is 0 Å². The lowest BCUT2D eigenvalue weighted by atomic mass is 10.0. The Bertz CT molecular complexity index is 288. The molecular formula is C15H29N3O. The molecule has 0 radical (unpaired) electrons. The lowest BCUT2D eigenvalue weighted by molar-refractivity contribution is 0.154. The highest BCUT2D eigenvalue weighted by atomic mass is 16.3. The van der Waals surface area contributed by atoms with Gasteiger partial charge in [0, 0.05) is 0 Å². The standard InChI is InChI=1S/C15H29N3O/c1-2-3-4-5-6-7-8-9-10-11-12-14(19)15-16-13-17-18-15/h13-14,19H,2-12H2,1H3,(H,16,17,18). The van der Waals surface area contributed by atoms with Gasteiger partial charge < -0.3 is 5.11 Å². The zero-order chi connectivity index (χ0) is 13.8. The molecule has 0 saturated carbocycles. The van der Waals surface area contributed by atoms with Crippen LogP contribution in [0.3, 0.4) is 0 Å². The molecule has 0 aromatic carbocycles. The van der Waals surface area contributed by atoms with Crippen LogP contribution < -0.4 is 0 Å². The molecule has 19 heavy (non-hydrogen) atoms. The molecule has 1 aromatic rings. The maximum Gasteiger partial charge on any atom is 0.153 e. The minimum atomic E-state index is -0.475. The van der Waals surface area contributed by atoms with Crippen LogP contribution in [-0.4, -0.2) is 20.3 Å². The van der Waals surface area contributed by atoms with Crippen LogP contribution in [0.25, 0.3) is 0 Å². The smallest absolute Gasteiger partial charge is 0.153 e. The normalized spacial score (nSPS) is 12.7. The van der Waals surface area contributed by atoms with Crippen molar-refractivity contribution in [3.8, 4) is 0 Å². The van der Waals surface area contributed by atoms with Gasteiger partial charge in [-0.05, 0) is 6.42 Å². The van der Waals surface area contributed by atoms with Gasteiger partial charge in [-0.15, -0.1) is 0 Å². The van der Waals surface area contributed by atoms with E-state index in [1.807, 2.05) is 0 Å². The summed E-state index contributed by atoms with van der Waals surface area (Å²) in [5.41, 5.74) is 0. The van der Waals surface area contributed by atoms with E-state index in [4.69, 9.17) is 0 Å². The summed E-state index contributed by atoms with van der Waals surface area (Å²) in [4.78, 5) is 3.96. The third-order valence-electron chi connectivity index (χ3n) is 3.58. The first kappa shape index (κ1) is 16.2. The summed E-state index contributed by atoms with van der Waals surface area (Å²) in [5, 5.41) is 16.3. The number of hydrogen-bond acceptors (Lipinski definition) is 3. The fraction of sp³-hybridized carbons (Fsp3) is 0.867. The zero-order valence-corrected chi connectivity index (χ0v) is 12.3. The number of unbranched alkanes of at least 4 members (excludes halogenated alkanes) is 9. The summed E-state index contributed by atoms with van der Waals surface area (Å²) < 4.78 is 0. The van der Waals surface area contributed by atoms with Crippen LogP contribution in [0, 0.1) is 0 Å². The number of nitrogens with zero attached hydrogens (tertiary/aromatic N) is 2. The first-order valence-corrected chi connectivity index (χ1v) is 7.88. The number of rotatable bonds is 12. The second-order valence-electron chi connectivity index (χ2n) is 5.36. The summed E-state index contributed by atoms with van der Waals surface area (Å²) in [6.07, 6.45) is 14.9. The van der Waals surface area contributed by atoms with Crippen LogP contribution in [0.1, 0.15) is 89.5 Å². The number of aliphatic hydroxyl groups excluding tert-OH is 1. The number of aliphatic hydroxyl groups is 1. The predicted octanol–water partition coefficient (Wildman–Crippen LogP) is 4.15. The van der Waals surface area contributed by atoms with Crippen LogP contribution in [0.2, 0.25) is 0 Å². The Balaban J connectivity index is 1.83. The van der Waals surface area contributed by atoms with Gasteiger partial charge in [-0.1, -0.05) is 71.1 Å². The van der Waals surface area contributed by atoms with E-state index in [-0.39, 0.29) is 0 Å². The molecule has 0 aliphatic heterocycles. The fourth-order valence-electron chi connectivity index (χ4n) is 2.34. The van der Waals surface area contributed by atoms with Crippen molar-refractivity contribution in [1.29, 1.82) is 0 Å². The highest BCUT2D eigenvalue weighted by Crippen LogP contribution is 2.17. The number of nitrogens with one attached hydrogen (secondary N) is 1. The van der Waals surface area contributed by atoms with Gasteiger partial charge >= 0.3 is 0 Å². The van der Waals surface area contributed by atoms with E-state index in [1.165, 1.54) is 64.1 Å². The van der Waals surface area contributed by atoms with Crippen molar-refractivity contribution in [3.63, 3.8) is 0 Å². The highest BCUT2D eigenvalue weighted by Gasteiger charge is 2.09. The molecule has 1 aromatic heterocycles. The molecular weight excluding hydrogens is 238 g/mol. The molecule has 1 heterocycles. The maximum absolute atomic E-state index is 9.80. The van der Waals surface area contributed by atoms with Crippen molar-refractivity contribution < 1.29 is 5.11 Å². The van der Waals surface area contributed by atoms with Crippen molar-refractivity contribution >= 4 is 0 Å². The summed E-state index contributed by atoms with van der Waals surface area (Å²) in [6, 6.07) is 0. The van der Waals surface area contributed by atoms with Crippen LogP contribution in [0.4, 0.5) is 0 Å². The fourth-order valence-corrected chi connectivity index (χ4v) is 2.34. The Kier molecular flexibility index (Phi) is 9.33. The molecule has 0 aliphatic carbocycles. The number of hydrogen-bond donors (Lipinski definition) is 2. The number of aromatic nitrogens is 3. The van der Waals surface area contributed by atoms with Crippen molar-refractivity contribution in [1.82, 2.24) is 15.2 Å². The second kappa shape index (κ2) is 11.0. The Labute approximate surface area is 117 Å². The number of aromatic amines is 1. The third kappa shape index (κ3) is 7.98. The molecule has 1 unspecified atom stereocenters. The molecule has 0 bridgehead atoms. The summed E-state index contributed by atoms with van der Waals surface area (Å²) in [5.74, 6) is 0.593. The second-order valence-corrected chi connectivity index (χ2v) is 5.36. The third-order valence-corrected chi connectivity index (χ3v) is 3.58. The molecule has 0 spiro atoms. The molecule has 0 amide bonds. The minimum Gasteiger partial charge on any atom is -0.385 e. The van der Waals surface area contributed by atoms with Gasteiger partial charge in [-0.3, -0.25) is 5.10 Å². The lowest BCUT2D eigenvalue weighted by Gasteiger charge is -2.06. The Morgan fingerprint density at radius 3 is 2.11 bits per heavy atom. The first-order chi connectivity index (χ1) is 9.34. The molecule has 1 rings (SSSR count). The van der Waals surface area contributed by atoms with Gasteiger partial charge in [0.1, 0.15) is 12.4 Å². The SMILES string of the molecule is CCCCCCCCCCCCC(O)c1ncn[nH]1. The van der Waals surface area contributed by atoms with E-state index in [0.29, 0.717) is 5.82 Å². The molecule has 0 fully saturated rings. The molecule has 4 heteroatoms. The van der Waals surface area contributed by atoms with Gasteiger partial charge in [0.15, 0.2) is 5.82 Å². The van der Waals surface area contributed by atoms with Crippen LogP contribution in [0.15, 0.2) is 6.33 Å². The van der Waals surface area contributed by atoms with E-state index < -0.39 is 6.10 Å². The Hall–Kier alpha value is -0.900. The predicted molar refractivity (Wildman–Crippen MR) is 77.8 cm³/mol. The number of H-pyrrole nitrogens is 1. The van der Waals surface area contributed by atoms with Crippen LogP contribution in [-0.2, 0) is 0 Å². The molecule has 1 atom stereocenters. The van der Waals surface area contributed by atoms with Gasteiger partial charge in [0.05, 0.1) is 0 Å². The Morgan fingerprint density at radius 1 is 1.00 bits per heavy atom. The van der Waals surface area contributed by atoms with E-state index in [0.717, 1.165) is 12.8 Å². The van der Waals surface area contributed by atoms with E-state index >= 15 is 0 Å². The molecule has 0 saturated heterocycles. The largest absolute Gasteiger partial charge is 0.385 e. The van der Waals surface area contributed by atoms with E-state index in [1.54, 1.807) is 0 Å². The first-order valence-electron chi connectivity index (χ1n) is 7.88. The van der Waals surface area contributed by atoms with Crippen LogP contribution in [0.5, 0.6) is 0 Å². The highest BCUT2D eigenvalue weighted by molar-refractivity contribution is 4.85. The quantitative estimate of drug-likeness (QED) is 0.559. The van der Waals surface area contributed by atoms with Crippen LogP contribution >= 0.6 is 0 Å². The zero-order valence-electron chi connectivity index (χ0n) is 12.3. The topological polar surface area (TPSA) is 61.8 Å². The van der Waals surface area contributed by atoms with Crippen molar-refractivity contribution in [2.45, 2.75) is 83.7 Å².